The van der Waals surface area contributed by atoms with E-state index in [0.717, 1.165) is 5.56 Å². The van der Waals surface area contributed by atoms with Crippen molar-refractivity contribution in [2.75, 3.05) is 25.1 Å². The van der Waals surface area contributed by atoms with Gasteiger partial charge in [0, 0.05) is 30.8 Å². The Labute approximate surface area is 216 Å². The summed E-state index contributed by atoms with van der Waals surface area (Å²) >= 11 is 6.22. The molecule has 0 spiro atoms. The number of nitrogens with one attached hydrogen (secondary N) is 1. The van der Waals surface area contributed by atoms with Gasteiger partial charge in [0.1, 0.15) is 11.9 Å². The van der Waals surface area contributed by atoms with Crippen LogP contribution in [-0.2, 0) is 17.4 Å². The number of pyridine rings is 1. The quantitative estimate of drug-likeness (QED) is 0.482. The predicted octanol–water partition coefficient (Wildman–Crippen LogP) is 4.42. The lowest BCUT2D eigenvalue weighted by molar-refractivity contribution is -0.144. The predicted molar refractivity (Wildman–Crippen MR) is 130 cm³/mol. The van der Waals surface area contributed by atoms with Crippen molar-refractivity contribution in [2.24, 2.45) is 0 Å². The molecule has 0 bridgehead atoms. The van der Waals surface area contributed by atoms with E-state index in [9.17, 15) is 18.0 Å². The van der Waals surface area contributed by atoms with Gasteiger partial charge in [-0.05, 0) is 37.0 Å². The summed E-state index contributed by atoms with van der Waals surface area (Å²) in [4.78, 5) is 25.9. The molecule has 1 N–H and O–H groups in total. The molecular formula is C25H22ClF3N6O2. The first-order valence-corrected chi connectivity index (χ1v) is 11.8. The molecule has 37 heavy (non-hydrogen) atoms. The normalized spacial score (nSPS) is 15.4. The molecule has 3 heterocycles. The molecule has 2 aromatic heterocycles. The number of methoxy groups -OCH3 is 1. The maximum Gasteiger partial charge on any atom is 0.451 e. The van der Waals surface area contributed by atoms with Crippen molar-refractivity contribution in [1.29, 1.82) is 5.26 Å². The molecule has 1 saturated heterocycles. The molecule has 0 radical (unpaired) electrons. The Kier molecular flexibility index (Phi) is 7.78. The minimum Gasteiger partial charge on any atom is -0.481 e. The second-order valence-corrected chi connectivity index (χ2v) is 8.75. The Balaban J connectivity index is 1.57. The second kappa shape index (κ2) is 11.0. The summed E-state index contributed by atoms with van der Waals surface area (Å²) in [6, 6.07) is 11.2. The first kappa shape index (κ1) is 26.2. The van der Waals surface area contributed by atoms with E-state index >= 15 is 0 Å². The standard InChI is InChI=1S/C25H22ClF3N6O2/c1-37-22-11-17(18(26)14-32-22)19-12-21(34-24(33-19)25(27,28)29)35-10-2-3-20(35)23(36)31-9-8-15-4-6-16(13-30)7-5-15/h4-7,11-12,14,20H,2-3,8-10H2,1H3,(H,31,36). The number of aromatic nitrogens is 3. The molecule has 4 rings (SSSR count). The molecule has 1 aliphatic heterocycles. The zero-order chi connectivity index (χ0) is 26.6. The fourth-order valence-corrected chi connectivity index (χ4v) is 4.28. The van der Waals surface area contributed by atoms with Gasteiger partial charge in [-0.25, -0.2) is 15.0 Å². The SMILES string of the molecule is COc1cc(-c2cc(N3CCCC3C(=O)NCCc3ccc(C#N)cc3)nc(C(F)(F)F)n2)c(Cl)cn1. The van der Waals surface area contributed by atoms with Crippen LogP contribution >= 0.6 is 11.6 Å². The van der Waals surface area contributed by atoms with Gasteiger partial charge in [0.2, 0.25) is 17.6 Å². The number of nitrogens with zero attached hydrogens (tertiary/aromatic N) is 5. The first-order chi connectivity index (χ1) is 17.7. The van der Waals surface area contributed by atoms with Crippen LogP contribution in [0.3, 0.4) is 0 Å². The number of ether oxygens (including phenoxy) is 1. The second-order valence-electron chi connectivity index (χ2n) is 8.34. The molecule has 1 aromatic carbocycles. The van der Waals surface area contributed by atoms with Crippen LogP contribution in [0.5, 0.6) is 5.88 Å². The van der Waals surface area contributed by atoms with Gasteiger partial charge < -0.3 is 15.0 Å². The molecule has 1 aliphatic rings. The van der Waals surface area contributed by atoms with Gasteiger partial charge in [0.05, 0.1) is 35.7 Å². The summed E-state index contributed by atoms with van der Waals surface area (Å²) in [6.07, 6.45) is -1.93. The van der Waals surface area contributed by atoms with Gasteiger partial charge >= 0.3 is 6.18 Å². The van der Waals surface area contributed by atoms with Crippen molar-refractivity contribution in [3.05, 3.63) is 64.6 Å². The van der Waals surface area contributed by atoms with Crippen LogP contribution in [0.25, 0.3) is 11.3 Å². The van der Waals surface area contributed by atoms with Crippen molar-refractivity contribution >= 4 is 23.3 Å². The minimum atomic E-state index is -4.81. The highest BCUT2D eigenvalue weighted by Crippen LogP contribution is 2.36. The molecule has 1 amide bonds. The van der Waals surface area contributed by atoms with Crippen molar-refractivity contribution in [3.63, 3.8) is 0 Å². The average molecular weight is 531 g/mol. The van der Waals surface area contributed by atoms with Crippen molar-refractivity contribution in [3.8, 4) is 23.2 Å². The van der Waals surface area contributed by atoms with Gasteiger partial charge in [-0.3, -0.25) is 4.79 Å². The number of carbonyl (C=O) groups is 1. The molecule has 1 fully saturated rings. The maximum absolute atomic E-state index is 13.7. The van der Waals surface area contributed by atoms with Crippen molar-refractivity contribution in [2.45, 2.75) is 31.5 Å². The lowest BCUT2D eigenvalue weighted by atomic mass is 10.1. The third-order valence-electron chi connectivity index (χ3n) is 5.93. The van der Waals surface area contributed by atoms with E-state index in [4.69, 9.17) is 21.6 Å². The Bertz CT molecular complexity index is 1330. The average Bonchev–Trinajstić information content (AvgIpc) is 3.39. The number of halogens is 4. The highest BCUT2D eigenvalue weighted by atomic mass is 35.5. The molecule has 0 aliphatic carbocycles. The number of amides is 1. The number of alkyl halides is 3. The number of rotatable bonds is 7. The van der Waals surface area contributed by atoms with Crippen molar-refractivity contribution < 1.29 is 22.7 Å². The van der Waals surface area contributed by atoms with Gasteiger partial charge in [-0.2, -0.15) is 18.4 Å². The zero-order valence-corrected chi connectivity index (χ0v) is 20.5. The molecule has 192 valence electrons. The maximum atomic E-state index is 13.7. The Hall–Kier alpha value is -3.91. The summed E-state index contributed by atoms with van der Waals surface area (Å²) in [5.41, 5.74) is 1.63. The topological polar surface area (TPSA) is 104 Å². The fraction of sp³-hybridized carbons (Fsp3) is 0.320. The smallest absolute Gasteiger partial charge is 0.451 e. The molecule has 1 atom stereocenters. The molecule has 8 nitrogen and oxygen atoms in total. The van der Waals surface area contributed by atoms with Crippen LogP contribution in [0.1, 0.15) is 29.8 Å². The largest absolute Gasteiger partial charge is 0.481 e. The number of nitriles is 1. The third kappa shape index (κ3) is 6.09. The zero-order valence-electron chi connectivity index (χ0n) is 19.7. The van der Waals surface area contributed by atoms with Crippen LogP contribution in [0, 0.1) is 11.3 Å². The summed E-state index contributed by atoms with van der Waals surface area (Å²) in [5, 5.41) is 11.9. The van der Waals surface area contributed by atoms with Gasteiger partial charge in [-0.15, -0.1) is 0 Å². The van der Waals surface area contributed by atoms with Crippen molar-refractivity contribution in [1.82, 2.24) is 20.3 Å². The molecular weight excluding hydrogens is 509 g/mol. The lowest BCUT2D eigenvalue weighted by Gasteiger charge is -2.26. The summed E-state index contributed by atoms with van der Waals surface area (Å²) in [7, 11) is 1.38. The summed E-state index contributed by atoms with van der Waals surface area (Å²) < 4.78 is 46.2. The van der Waals surface area contributed by atoms with Crippen LogP contribution < -0.4 is 15.0 Å². The van der Waals surface area contributed by atoms with E-state index in [1.165, 1.54) is 25.4 Å². The first-order valence-electron chi connectivity index (χ1n) is 11.4. The Morgan fingerprint density at radius 2 is 2.03 bits per heavy atom. The van der Waals surface area contributed by atoms with Crippen LogP contribution in [0.15, 0.2) is 42.6 Å². The highest BCUT2D eigenvalue weighted by Gasteiger charge is 2.38. The highest BCUT2D eigenvalue weighted by molar-refractivity contribution is 6.33. The summed E-state index contributed by atoms with van der Waals surface area (Å²) in [5.74, 6) is -1.50. The number of carbonyl (C=O) groups excluding carboxylic acids is 1. The minimum absolute atomic E-state index is 0.0195. The van der Waals surface area contributed by atoms with Crippen LogP contribution in [0.2, 0.25) is 5.02 Å². The molecule has 1 unspecified atom stereocenters. The van der Waals surface area contributed by atoms with E-state index in [0.29, 0.717) is 37.9 Å². The molecule has 12 heteroatoms. The number of hydrogen-bond donors (Lipinski definition) is 1. The van der Waals surface area contributed by atoms with E-state index in [-0.39, 0.29) is 33.9 Å². The van der Waals surface area contributed by atoms with E-state index in [2.05, 4.69) is 20.3 Å². The molecule has 0 saturated carbocycles. The van der Waals surface area contributed by atoms with Crippen LogP contribution in [0.4, 0.5) is 19.0 Å². The lowest BCUT2D eigenvalue weighted by Crippen LogP contribution is -2.44. The third-order valence-corrected chi connectivity index (χ3v) is 6.23. The number of benzene rings is 1. The number of hydrogen-bond acceptors (Lipinski definition) is 7. The number of anilines is 1. The van der Waals surface area contributed by atoms with E-state index in [1.807, 2.05) is 18.2 Å². The van der Waals surface area contributed by atoms with E-state index < -0.39 is 18.0 Å². The Morgan fingerprint density at radius 1 is 1.27 bits per heavy atom. The fourth-order valence-electron chi connectivity index (χ4n) is 4.08. The Morgan fingerprint density at radius 3 is 2.70 bits per heavy atom. The van der Waals surface area contributed by atoms with Gasteiger partial charge in [0.25, 0.3) is 0 Å². The summed E-state index contributed by atoms with van der Waals surface area (Å²) in [6.45, 7) is 0.694. The van der Waals surface area contributed by atoms with Crippen LogP contribution in [-0.4, -0.2) is 47.1 Å². The molecule has 3 aromatic rings. The van der Waals surface area contributed by atoms with Gasteiger partial charge in [-0.1, -0.05) is 23.7 Å². The monoisotopic (exact) mass is 530 g/mol. The van der Waals surface area contributed by atoms with Gasteiger partial charge in [0.15, 0.2) is 0 Å². The van der Waals surface area contributed by atoms with E-state index in [1.54, 1.807) is 17.0 Å².